The van der Waals surface area contributed by atoms with E-state index in [0.29, 0.717) is 0 Å². The Bertz CT molecular complexity index is 168. The van der Waals surface area contributed by atoms with E-state index < -0.39 is 7.82 Å². The first-order valence-electron chi connectivity index (χ1n) is 3.24. The summed E-state index contributed by atoms with van der Waals surface area (Å²) >= 11 is 0. The van der Waals surface area contributed by atoms with E-state index in [4.69, 9.17) is 15.7 Å². The molecule has 0 aromatic carbocycles. The summed E-state index contributed by atoms with van der Waals surface area (Å²) in [5.41, 5.74) is 0. The molecule has 0 aliphatic heterocycles. The summed E-state index contributed by atoms with van der Waals surface area (Å²) in [6.07, 6.45) is 0. The van der Waals surface area contributed by atoms with Gasteiger partial charge < -0.3 is 4.89 Å². The van der Waals surface area contributed by atoms with Crippen molar-refractivity contribution in [3.05, 3.63) is 0 Å². The smallest absolute Gasteiger partial charge is 0.302 e. The van der Waals surface area contributed by atoms with Crippen LogP contribution in [0.25, 0.3) is 0 Å². The van der Waals surface area contributed by atoms with E-state index in [0.717, 1.165) is 0 Å². The zero-order valence-corrected chi connectivity index (χ0v) is 7.93. The standard InChI is InChI=1S/C4H11O4P.CH2N2/c1-3-7-9(5,6)8-4-2;2-1-3/h3-4H2,1-2H3,(H,5,6);2-3H. The van der Waals surface area contributed by atoms with Crippen molar-refractivity contribution >= 4 is 13.8 Å². The highest BCUT2D eigenvalue weighted by Gasteiger charge is 2.17. The molecular formula is C5H13N2O4P. The van der Waals surface area contributed by atoms with E-state index in [2.05, 4.69) is 9.05 Å². The molecule has 0 atom stereocenters. The van der Waals surface area contributed by atoms with Crippen molar-refractivity contribution in [1.82, 2.24) is 0 Å². The minimum Gasteiger partial charge on any atom is -0.302 e. The van der Waals surface area contributed by atoms with Gasteiger partial charge in [-0.3, -0.25) is 9.05 Å². The average Bonchev–Trinajstić information content (AvgIpc) is 1.88. The highest BCUT2D eigenvalue weighted by atomic mass is 31.2. The van der Waals surface area contributed by atoms with Crippen LogP contribution in [-0.4, -0.2) is 24.1 Å². The van der Waals surface area contributed by atoms with Crippen molar-refractivity contribution in [2.75, 3.05) is 13.2 Å². The van der Waals surface area contributed by atoms with Crippen LogP contribution in [0.5, 0.6) is 0 Å². The number of hydrogen-bond acceptors (Lipinski definition) is 5. The van der Waals surface area contributed by atoms with Gasteiger partial charge in [0.1, 0.15) is 0 Å². The van der Waals surface area contributed by atoms with Gasteiger partial charge in [0.2, 0.25) is 0 Å². The number of phosphoric ester groups is 1. The number of phosphoric acid groups is 1. The predicted molar refractivity (Wildman–Crippen MR) is 43.5 cm³/mol. The third-order valence-corrected chi connectivity index (χ3v) is 1.75. The molecule has 3 N–H and O–H groups in total. The Labute approximate surface area is 71.1 Å². The number of hydrogen-bond donors (Lipinski definition) is 3. The van der Waals surface area contributed by atoms with Gasteiger partial charge in [-0.2, -0.15) is 0 Å². The Kier molecular flexibility index (Phi) is 10.0. The second-order valence-corrected chi connectivity index (χ2v) is 2.88. The molecule has 0 saturated heterocycles. The Hall–Kier alpha value is -0.510. The van der Waals surface area contributed by atoms with Crippen LogP contribution in [-0.2, 0) is 13.6 Å². The molecule has 7 heteroatoms. The van der Waals surface area contributed by atoms with Gasteiger partial charge in [-0.25, -0.2) is 15.4 Å². The topological polar surface area (TPSA) is 103 Å². The summed E-state index contributed by atoms with van der Waals surface area (Å²) in [5, 5.41) is 11.2. The van der Waals surface area contributed by atoms with Gasteiger partial charge >= 0.3 is 7.82 Å². The SMILES string of the molecule is CCOP(=O)(O)OCC.N=C=N. The second-order valence-electron chi connectivity index (χ2n) is 1.43. The summed E-state index contributed by atoms with van der Waals surface area (Å²) in [7, 11) is -3.69. The summed E-state index contributed by atoms with van der Waals surface area (Å²) in [4.78, 5) is 8.63. The lowest BCUT2D eigenvalue weighted by Gasteiger charge is -2.07. The lowest BCUT2D eigenvalue weighted by Crippen LogP contribution is -1.93. The third kappa shape index (κ3) is 12.2. The van der Waals surface area contributed by atoms with Crippen molar-refractivity contribution in [3.63, 3.8) is 0 Å². The summed E-state index contributed by atoms with van der Waals surface area (Å²) in [6.45, 7) is 3.63. The molecule has 0 heterocycles. The van der Waals surface area contributed by atoms with E-state index in [1.54, 1.807) is 13.8 Å². The maximum Gasteiger partial charge on any atom is 0.472 e. The highest BCUT2D eigenvalue weighted by molar-refractivity contribution is 7.47. The van der Waals surface area contributed by atoms with Gasteiger partial charge in [-0.05, 0) is 13.8 Å². The van der Waals surface area contributed by atoms with Crippen LogP contribution in [0.4, 0.5) is 0 Å². The zero-order valence-electron chi connectivity index (χ0n) is 7.03. The van der Waals surface area contributed by atoms with Gasteiger partial charge in [-0.1, -0.05) is 0 Å². The van der Waals surface area contributed by atoms with Gasteiger partial charge in [-0.15, -0.1) is 0 Å². The highest BCUT2D eigenvalue weighted by Crippen LogP contribution is 2.42. The van der Waals surface area contributed by atoms with Gasteiger partial charge in [0.25, 0.3) is 0 Å². The van der Waals surface area contributed by atoms with Crippen LogP contribution >= 0.6 is 7.82 Å². The van der Waals surface area contributed by atoms with E-state index in [-0.39, 0.29) is 13.2 Å². The molecule has 0 unspecified atom stereocenters. The first-order chi connectivity index (χ1) is 5.54. The predicted octanol–water partition coefficient (Wildman–Crippen LogP) is 1.48. The zero-order chi connectivity index (χ0) is 10.0. The molecule has 0 spiro atoms. The number of nitrogens with one attached hydrogen (secondary N) is 2. The van der Waals surface area contributed by atoms with E-state index >= 15 is 0 Å². The van der Waals surface area contributed by atoms with Crippen molar-refractivity contribution in [2.45, 2.75) is 13.8 Å². The first kappa shape index (κ1) is 14.0. The molecule has 0 aromatic rings. The van der Waals surface area contributed by atoms with Crippen LogP contribution in [0.15, 0.2) is 0 Å². The molecule has 72 valence electrons. The van der Waals surface area contributed by atoms with E-state index in [1.807, 2.05) is 0 Å². The lowest BCUT2D eigenvalue weighted by molar-refractivity contribution is 0.161. The molecule has 0 radical (unpaired) electrons. The fraction of sp³-hybridized carbons (Fsp3) is 0.800. The molecule has 0 aliphatic rings. The van der Waals surface area contributed by atoms with Crippen molar-refractivity contribution in [1.29, 1.82) is 10.8 Å². The van der Waals surface area contributed by atoms with E-state index in [9.17, 15) is 4.57 Å². The van der Waals surface area contributed by atoms with Crippen LogP contribution in [0.2, 0.25) is 0 Å². The summed E-state index contributed by atoms with van der Waals surface area (Å²) < 4.78 is 19.2. The average molecular weight is 196 g/mol. The molecular weight excluding hydrogens is 183 g/mol. The second kappa shape index (κ2) is 8.59. The normalized spacial score (nSPS) is 9.58. The lowest BCUT2D eigenvalue weighted by atomic mass is 10.9. The van der Waals surface area contributed by atoms with Crippen LogP contribution in [0.1, 0.15) is 13.8 Å². The summed E-state index contributed by atoms with van der Waals surface area (Å²) in [5.74, 6) is 0. The Balaban J connectivity index is 0. The van der Waals surface area contributed by atoms with Gasteiger partial charge in [0, 0.05) is 0 Å². The molecule has 0 fully saturated rings. The maximum absolute atomic E-state index is 10.5. The Morgan fingerprint density at radius 1 is 1.33 bits per heavy atom. The molecule has 0 saturated carbocycles. The van der Waals surface area contributed by atoms with Crippen molar-refractivity contribution in [3.8, 4) is 0 Å². The fourth-order valence-corrected chi connectivity index (χ4v) is 1.09. The Morgan fingerprint density at radius 3 is 1.75 bits per heavy atom. The largest absolute Gasteiger partial charge is 0.472 e. The number of rotatable bonds is 4. The minimum atomic E-state index is -3.69. The Morgan fingerprint density at radius 2 is 1.58 bits per heavy atom. The van der Waals surface area contributed by atoms with Crippen LogP contribution in [0.3, 0.4) is 0 Å². The molecule has 0 amide bonds. The van der Waals surface area contributed by atoms with Crippen molar-refractivity contribution in [2.24, 2.45) is 0 Å². The van der Waals surface area contributed by atoms with Crippen LogP contribution in [0, 0.1) is 10.8 Å². The van der Waals surface area contributed by atoms with Crippen LogP contribution < -0.4 is 0 Å². The molecule has 0 bridgehead atoms. The third-order valence-electron chi connectivity index (χ3n) is 0.584. The molecule has 6 nitrogen and oxygen atoms in total. The minimum absolute atomic E-state index is 0.188. The summed E-state index contributed by atoms with van der Waals surface area (Å²) in [6, 6.07) is 1.25. The van der Waals surface area contributed by atoms with Gasteiger partial charge in [0.15, 0.2) is 0 Å². The monoisotopic (exact) mass is 196 g/mol. The fourth-order valence-electron chi connectivity index (χ4n) is 0.364. The maximum atomic E-state index is 10.5. The molecule has 0 aromatic heterocycles. The van der Waals surface area contributed by atoms with E-state index in [1.165, 1.54) is 6.01 Å². The van der Waals surface area contributed by atoms with Crippen molar-refractivity contribution < 1.29 is 18.5 Å². The van der Waals surface area contributed by atoms with Gasteiger partial charge in [0.05, 0.1) is 19.2 Å². The first-order valence-corrected chi connectivity index (χ1v) is 4.73. The molecule has 0 aliphatic carbocycles. The quantitative estimate of drug-likeness (QED) is 0.467. The molecule has 0 rings (SSSR count). The molecule has 12 heavy (non-hydrogen) atoms.